The van der Waals surface area contributed by atoms with E-state index in [1.165, 1.54) is 24.3 Å². The number of ether oxygens (including phenoxy) is 2. The topological polar surface area (TPSA) is 98.8 Å². The lowest BCUT2D eigenvalue weighted by atomic mass is 9.75. The summed E-state index contributed by atoms with van der Waals surface area (Å²) in [7, 11) is -6.05. The Bertz CT molecular complexity index is 1320. The van der Waals surface area contributed by atoms with Crippen molar-refractivity contribution >= 4 is 31.3 Å². The van der Waals surface area contributed by atoms with Crippen molar-refractivity contribution in [2.45, 2.75) is 35.0 Å². The summed E-state index contributed by atoms with van der Waals surface area (Å²) in [6, 6.07) is 7.26. The van der Waals surface area contributed by atoms with Gasteiger partial charge in [0.2, 0.25) is 0 Å². The van der Waals surface area contributed by atoms with Gasteiger partial charge in [0.05, 0.1) is 34.7 Å². The van der Waals surface area contributed by atoms with Gasteiger partial charge in [0.15, 0.2) is 21.4 Å². The van der Waals surface area contributed by atoms with Gasteiger partial charge in [-0.1, -0.05) is 11.6 Å². The van der Waals surface area contributed by atoms with E-state index in [4.69, 9.17) is 21.1 Å². The number of halogens is 3. The molecule has 1 fully saturated rings. The standard InChI is InChI=1S/C24H28ClF2NO6S2/c1-28-11-2-13-35(29,30)14-9-21-18-15-34-23-20(27)8-7-19(26)22(23)24(18,10-12-33-21)36(31,32)17-5-3-16(25)4-6-17/h3-8,18,21,28H,2,9-15H2,1H3/t18-,21-,24-/m0/s1. The van der Waals surface area contributed by atoms with Gasteiger partial charge in [0, 0.05) is 17.5 Å². The average Bonchev–Trinajstić information content (AvgIpc) is 2.84. The van der Waals surface area contributed by atoms with Gasteiger partial charge in [0.1, 0.15) is 20.4 Å². The molecule has 2 aromatic carbocycles. The Morgan fingerprint density at radius 3 is 2.44 bits per heavy atom. The third-order valence-corrected chi connectivity index (χ3v) is 11.5. The zero-order chi connectivity index (χ0) is 26.1. The second-order valence-electron chi connectivity index (χ2n) is 9.05. The Morgan fingerprint density at radius 2 is 1.75 bits per heavy atom. The molecule has 2 heterocycles. The smallest absolute Gasteiger partial charge is 0.189 e. The molecule has 0 radical (unpaired) electrons. The van der Waals surface area contributed by atoms with E-state index >= 15 is 4.39 Å². The second kappa shape index (κ2) is 10.5. The van der Waals surface area contributed by atoms with Gasteiger partial charge in [-0.3, -0.25) is 0 Å². The first-order valence-electron chi connectivity index (χ1n) is 11.6. The molecule has 4 rings (SSSR count). The Hall–Kier alpha value is -1.79. The van der Waals surface area contributed by atoms with Crippen molar-refractivity contribution in [3.05, 3.63) is 58.6 Å². The number of rotatable bonds is 9. The first kappa shape index (κ1) is 27.3. The van der Waals surface area contributed by atoms with Gasteiger partial charge in [-0.15, -0.1) is 0 Å². The highest BCUT2D eigenvalue weighted by molar-refractivity contribution is 7.92. The van der Waals surface area contributed by atoms with Crippen molar-refractivity contribution in [2.24, 2.45) is 5.92 Å². The van der Waals surface area contributed by atoms with E-state index in [-0.39, 0.29) is 48.0 Å². The van der Waals surface area contributed by atoms with Gasteiger partial charge in [0.25, 0.3) is 0 Å². The van der Waals surface area contributed by atoms with Crippen LogP contribution in [-0.2, 0) is 29.2 Å². The second-order valence-corrected chi connectivity index (χ2v) is 14.0. The van der Waals surface area contributed by atoms with Gasteiger partial charge in [-0.05, 0) is 69.3 Å². The molecule has 12 heteroatoms. The minimum absolute atomic E-state index is 0.0000689. The number of sulfone groups is 2. The fraction of sp³-hybridized carbons (Fsp3) is 0.500. The summed E-state index contributed by atoms with van der Waals surface area (Å²) >= 11 is 5.96. The predicted molar refractivity (Wildman–Crippen MR) is 132 cm³/mol. The van der Waals surface area contributed by atoms with Gasteiger partial charge in [-0.2, -0.15) is 0 Å². The fourth-order valence-electron chi connectivity index (χ4n) is 5.20. The Morgan fingerprint density at radius 1 is 1.06 bits per heavy atom. The SMILES string of the molecule is CNCCCS(=O)(=O)CC[C@@H]1OCC[C@@]2(S(=O)(=O)c3ccc(Cl)cc3)c3c(F)ccc(F)c3OC[C@@H]12. The summed E-state index contributed by atoms with van der Waals surface area (Å²) in [6.07, 6.45) is -0.579. The van der Waals surface area contributed by atoms with Crippen LogP contribution in [0.2, 0.25) is 5.02 Å². The summed E-state index contributed by atoms with van der Waals surface area (Å²) < 4.78 is 93.3. The molecule has 7 nitrogen and oxygen atoms in total. The third kappa shape index (κ3) is 4.88. The van der Waals surface area contributed by atoms with Crippen LogP contribution in [0.3, 0.4) is 0 Å². The molecule has 36 heavy (non-hydrogen) atoms. The molecule has 0 amide bonds. The number of hydrogen-bond donors (Lipinski definition) is 1. The van der Waals surface area contributed by atoms with Crippen molar-refractivity contribution < 1.29 is 35.1 Å². The largest absolute Gasteiger partial charge is 0.490 e. The quantitative estimate of drug-likeness (QED) is 0.466. The maximum atomic E-state index is 15.4. The molecule has 0 aromatic heterocycles. The molecule has 0 aliphatic carbocycles. The lowest BCUT2D eigenvalue weighted by Crippen LogP contribution is -2.57. The molecule has 2 aromatic rings. The van der Waals surface area contributed by atoms with Crippen LogP contribution in [-0.4, -0.2) is 61.3 Å². The van der Waals surface area contributed by atoms with Crippen LogP contribution in [0.4, 0.5) is 8.78 Å². The number of fused-ring (bicyclic) bond motifs is 3. The highest BCUT2D eigenvalue weighted by atomic mass is 35.5. The van der Waals surface area contributed by atoms with Crippen LogP contribution in [0.1, 0.15) is 24.8 Å². The van der Waals surface area contributed by atoms with Crippen LogP contribution < -0.4 is 10.1 Å². The van der Waals surface area contributed by atoms with Gasteiger partial charge >= 0.3 is 0 Å². The highest BCUT2D eigenvalue weighted by Crippen LogP contribution is 2.55. The van der Waals surface area contributed by atoms with Crippen molar-refractivity contribution in [3.8, 4) is 5.75 Å². The molecular formula is C24H28ClF2NO6S2. The molecule has 0 spiro atoms. The van der Waals surface area contributed by atoms with E-state index in [2.05, 4.69) is 5.32 Å². The van der Waals surface area contributed by atoms with E-state index in [9.17, 15) is 21.2 Å². The monoisotopic (exact) mass is 563 g/mol. The maximum Gasteiger partial charge on any atom is 0.189 e. The highest BCUT2D eigenvalue weighted by Gasteiger charge is 2.61. The first-order chi connectivity index (χ1) is 17.0. The minimum atomic E-state index is -4.34. The van der Waals surface area contributed by atoms with Crippen molar-refractivity contribution in [2.75, 3.05) is 38.3 Å². The molecule has 1 saturated heterocycles. The van der Waals surface area contributed by atoms with E-state index < -0.39 is 53.8 Å². The summed E-state index contributed by atoms with van der Waals surface area (Å²) in [5.41, 5.74) is -0.376. The Labute approximate surface area is 215 Å². The fourth-order valence-corrected chi connectivity index (χ4v) is 9.05. The molecule has 0 bridgehead atoms. The van der Waals surface area contributed by atoms with Crippen molar-refractivity contribution in [3.63, 3.8) is 0 Å². The zero-order valence-corrected chi connectivity index (χ0v) is 22.1. The molecule has 1 N–H and O–H groups in total. The number of benzene rings is 2. The van der Waals surface area contributed by atoms with E-state index in [1.54, 1.807) is 7.05 Å². The molecule has 0 saturated carbocycles. The predicted octanol–water partition coefficient (Wildman–Crippen LogP) is 3.50. The molecular weight excluding hydrogens is 536 g/mol. The van der Waals surface area contributed by atoms with Crippen LogP contribution in [0, 0.1) is 17.6 Å². The van der Waals surface area contributed by atoms with Crippen LogP contribution >= 0.6 is 11.6 Å². The lowest BCUT2D eigenvalue weighted by molar-refractivity contribution is -0.0732. The van der Waals surface area contributed by atoms with Crippen LogP contribution in [0.25, 0.3) is 0 Å². The summed E-state index contributed by atoms with van der Waals surface area (Å²) in [4.78, 5) is -0.103. The minimum Gasteiger partial charge on any atom is -0.490 e. The van der Waals surface area contributed by atoms with E-state index in [1.807, 2.05) is 0 Å². The Kier molecular flexibility index (Phi) is 7.97. The third-order valence-electron chi connectivity index (χ3n) is 6.94. The van der Waals surface area contributed by atoms with Gasteiger partial charge < -0.3 is 14.8 Å². The zero-order valence-electron chi connectivity index (χ0n) is 19.7. The van der Waals surface area contributed by atoms with Crippen molar-refractivity contribution in [1.29, 1.82) is 0 Å². The first-order valence-corrected chi connectivity index (χ1v) is 15.3. The van der Waals surface area contributed by atoms with Crippen molar-refractivity contribution in [1.82, 2.24) is 5.32 Å². The molecule has 2 aliphatic heterocycles. The normalized spacial score (nSPS) is 24.0. The summed E-state index contributed by atoms with van der Waals surface area (Å²) in [5, 5.41) is 3.22. The Balaban J connectivity index is 1.79. The number of hydrogen-bond acceptors (Lipinski definition) is 7. The number of nitrogens with one attached hydrogen (secondary N) is 1. The van der Waals surface area contributed by atoms with Crippen LogP contribution in [0.15, 0.2) is 41.3 Å². The van der Waals surface area contributed by atoms with Gasteiger partial charge in [-0.25, -0.2) is 25.6 Å². The average molecular weight is 564 g/mol. The molecule has 2 aliphatic rings. The lowest BCUT2D eigenvalue weighted by Gasteiger charge is -2.50. The maximum absolute atomic E-state index is 15.4. The van der Waals surface area contributed by atoms with Crippen LogP contribution in [0.5, 0.6) is 5.75 Å². The van der Waals surface area contributed by atoms with E-state index in [0.29, 0.717) is 18.0 Å². The summed E-state index contributed by atoms with van der Waals surface area (Å²) in [6.45, 7) is 0.188. The molecule has 198 valence electrons. The summed E-state index contributed by atoms with van der Waals surface area (Å²) in [5.74, 6) is -3.45. The molecule has 3 atom stereocenters. The molecule has 0 unspecified atom stereocenters. The van der Waals surface area contributed by atoms with E-state index in [0.717, 1.165) is 12.1 Å².